The quantitative estimate of drug-likeness (QED) is 0.699. The summed E-state index contributed by atoms with van der Waals surface area (Å²) >= 11 is 0. The lowest BCUT2D eigenvalue weighted by molar-refractivity contribution is -0.121. The van der Waals surface area contributed by atoms with Gasteiger partial charge in [-0.1, -0.05) is 36.4 Å². The number of nitrogens with zero attached hydrogens (tertiary/aromatic N) is 3. The largest absolute Gasteiger partial charge is 0.352 e. The number of benzene rings is 2. The van der Waals surface area contributed by atoms with Gasteiger partial charge in [-0.25, -0.2) is 0 Å². The Kier molecular flexibility index (Phi) is 4.71. The summed E-state index contributed by atoms with van der Waals surface area (Å²) in [5.41, 5.74) is 3.35. The van der Waals surface area contributed by atoms with Crippen molar-refractivity contribution in [3.05, 3.63) is 95.3 Å². The van der Waals surface area contributed by atoms with Gasteiger partial charge in [0.2, 0.25) is 5.91 Å². The lowest BCUT2D eigenvalue weighted by Crippen LogP contribution is -2.49. The number of carbonyl (C=O) groups is 3. The van der Waals surface area contributed by atoms with Gasteiger partial charge in [-0.05, 0) is 29.8 Å². The van der Waals surface area contributed by atoms with Gasteiger partial charge in [-0.15, -0.1) is 0 Å². The Bertz CT molecular complexity index is 1180. The van der Waals surface area contributed by atoms with Gasteiger partial charge in [-0.2, -0.15) is 0 Å². The second-order valence-electron chi connectivity index (χ2n) is 7.54. The van der Waals surface area contributed by atoms with Crippen LogP contribution in [-0.2, 0) is 11.3 Å². The number of amides is 3. The molecule has 0 saturated heterocycles. The van der Waals surface area contributed by atoms with E-state index in [-0.39, 0.29) is 30.7 Å². The third-order valence-electron chi connectivity index (χ3n) is 5.68. The Morgan fingerprint density at radius 3 is 2.52 bits per heavy atom. The Labute approximate surface area is 179 Å². The van der Waals surface area contributed by atoms with Crippen LogP contribution in [0.2, 0.25) is 0 Å². The number of carbonyl (C=O) groups excluding carboxylic acids is 3. The molecule has 0 saturated carbocycles. The molecule has 2 aromatic carbocycles. The van der Waals surface area contributed by atoms with Crippen molar-refractivity contribution in [2.75, 3.05) is 11.4 Å². The fraction of sp³-hybridized carbons (Fsp3) is 0.167. The highest BCUT2D eigenvalue weighted by molar-refractivity contribution is 6.16. The summed E-state index contributed by atoms with van der Waals surface area (Å²) < 4.78 is 0. The van der Waals surface area contributed by atoms with Crippen LogP contribution in [0.1, 0.15) is 44.4 Å². The number of rotatable bonds is 5. The van der Waals surface area contributed by atoms with Gasteiger partial charge in [0.1, 0.15) is 6.17 Å². The van der Waals surface area contributed by atoms with E-state index in [1.165, 1.54) is 0 Å². The third kappa shape index (κ3) is 3.24. The molecule has 1 aromatic heterocycles. The molecule has 5 rings (SSSR count). The molecule has 0 spiro atoms. The second kappa shape index (κ2) is 7.68. The second-order valence-corrected chi connectivity index (χ2v) is 7.54. The van der Waals surface area contributed by atoms with Crippen LogP contribution in [0.25, 0.3) is 0 Å². The van der Waals surface area contributed by atoms with Crippen LogP contribution in [0.5, 0.6) is 0 Å². The number of anilines is 1. The predicted octanol–water partition coefficient (Wildman–Crippen LogP) is 2.90. The summed E-state index contributed by atoms with van der Waals surface area (Å²) in [4.78, 5) is 46.2. The van der Waals surface area contributed by atoms with E-state index in [1.54, 1.807) is 46.5 Å². The zero-order chi connectivity index (χ0) is 21.4. The van der Waals surface area contributed by atoms with E-state index in [4.69, 9.17) is 0 Å². The number of hydrogen-bond donors (Lipinski definition) is 1. The van der Waals surface area contributed by atoms with E-state index in [0.29, 0.717) is 23.4 Å². The fourth-order valence-corrected chi connectivity index (χ4v) is 4.21. The monoisotopic (exact) mass is 412 g/mol. The molecular weight excluding hydrogens is 392 g/mol. The summed E-state index contributed by atoms with van der Waals surface area (Å²) in [6, 6.07) is 18.1. The molecule has 1 atom stereocenters. The minimum absolute atomic E-state index is 0.133. The molecule has 2 aliphatic rings. The highest BCUT2D eigenvalue weighted by Gasteiger charge is 2.47. The van der Waals surface area contributed by atoms with Gasteiger partial charge in [-0.3, -0.25) is 24.3 Å². The zero-order valence-electron chi connectivity index (χ0n) is 16.7. The summed E-state index contributed by atoms with van der Waals surface area (Å²) in [5, 5.41) is 2.86. The molecule has 2 aliphatic heterocycles. The maximum atomic E-state index is 13.3. The van der Waals surface area contributed by atoms with Crippen LogP contribution in [-0.4, -0.2) is 34.2 Å². The summed E-state index contributed by atoms with van der Waals surface area (Å²) in [6.45, 7) is 0.579. The first kappa shape index (κ1) is 19.0. The molecular formula is C24H20N4O3. The Hall–Kier alpha value is -4.00. The van der Waals surface area contributed by atoms with Gasteiger partial charge in [0.25, 0.3) is 11.8 Å². The standard InChI is InChI=1S/C24H20N4O3/c29-21(26-15-16-6-5-12-25-14-16)11-13-27-22-17-7-1-2-8-18(17)24(31)28(22)20-10-4-3-9-19(20)23(27)30/h1-10,12,14,22H,11,13,15H2,(H,26,29). The highest BCUT2D eigenvalue weighted by atomic mass is 16.2. The number of para-hydroxylation sites is 1. The van der Waals surface area contributed by atoms with E-state index >= 15 is 0 Å². The van der Waals surface area contributed by atoms with Gasteiger partial charge in [0, 0.05) is 43.0 Å². The number of fused-ring (bicyclic) bond motifs is 5. The minimum atomic E-state index is -0.544. The molecule has 0 aliphatic carbocycles. The van der Waals surface area contributed by atoms with E-state index in [0.717, 1.165) is 11.1 Å². The number of hydrogen-bond acceptors (Lipinski definition) is 4. The molecule has 3 amide bonds. The summed E-state index contributed by atoms with van der Waals surface area (Å²) in [5.74, 6) is -0.479. The lowest BCUT2D eigenvalue weighted by atomic mass is 10.0. The predicted molar refractivity (Wildman–Crippen MR) is 114 cm³/mol. The van der Waals surface area contributed by atoms with Crippen molar-refractivity contribution >= 4 is 23.4 Å². The van der Waals surface area contributed by atoms with Crippen molar-refractivity contribution < 1.29 is 14.4 Å². The number of nitrogens with one attached hydrogen (secondary N) is 1. The van der Waals surface area contributed by atoms with Gasteiger partial charge < -0.3 is 10.2 Å². The topological polar surface area (TPSA) is 82.6 Å². The molecule has 1 unspecified atom stereocenters. The SMILES string of the molecule is O=C(CCN1C(=O)c2ccccc2N2C(=O)c3ccccc3C12)NCc1cccnc1. The molecule has 0 bridgehead atoms. The lowest BCUT2D eigenvalue weighted by Gasteiger charge is -2.40. The van der Waals surface area contributed by atoms with Crippen LogP contribution < -0.4 is 10.2 Å². The molecule has 3 aromatic rings. The average Bonchev–Trinajstić information content (AvgIpc) is 3.11. The maximum Gasteiger partial charge on any atom is 0.260 e. The maximum absolute atomic E-state index is 13.3. The first-order chi connectivity index (χ1) is 15.1. The van der Waals surface area contributed by atoms with E-state index < -0.39 is 6.17 Å². The highest BCUT2D eigenvalue weighted by Crippen LogP contribution is 2.45. The molecule has 154 valence electrons. The third-order valence-corrected chi connectivity index (χ3v) is 5.68. The minimum Gasteiger partial charge on any atom is -0.352 e. The van der Waals surface area contributed by atoms with Crippen molar-refractivity contribution in [2.24, 2.45) is 0 Å². The normalized spacial score (nSPS) is 16.6. The van der Waals surface area contributed by atoms with Gasteiger partial charge in [0.15, 0.2) is 0 Å². The number of aromatic nitrogens is 1. The fourth-order valence-electron chi connectivity index (χ4n) is 4.21. The molecule has 31 heavy (non-hydrogen) atoms. The molecule has 7 nitrogen and oxygen atoms in total. The van der Waals surface area contributed by atoms with Crippen LogP contribution in [0.3, 0.4) is 0 Å². The number of pyridine rings is 1. The Morgan fingerprint density at radius 2 is 1.71 bits per heavy atom. The van der Waals surface area contributed by atoms with E-state index in [9.17, 15) is 14.4 Å². The first-order valence-electron chi connectivity index (χ1n) is 10.1. The van der Waals surface area contributed by atoms with Crippen LogP contribution in [0.15, 0.2) is 73.1 Å². The molecule has 1 N–H and O–H groups in total. The van der Waals surface area contributed by atoms with Crippen LogP contribution >= 0.6 is 0 Å². The summed E-state index contributed by atoms with van der Waals surface area (Å²) in [6.07, 6.45) is 2.97. The molecule has 3 heterocycles. The van der Waals surface area contributed by atoms with Crippen LogP contribution in [0.4, 0.5) is 5.69 Å². The van der Waals surface area contributed by atoms with E-state index in [2.05, 4.69) is 10.3 Å². The van der Waals surface area contributed by atoms with E-state index in [1.807, 2.05) is 36.4 Å². The Morgan fingerprint density at radius 1 is 0.935 bits per heavy atom. The van der Waals surface area contributed by atoms with Gasteiger partial charge >= 0.3 is 0 Å². The first-order valence-corrected chi connectivity index (χ1v) is 10.1. The van der Waals surface area contributed by atoms with Crippen molar-refractivity contribution in [2.45, 2.75) is 19.1 Å². The van der Waals surface area contributed by atoms with Crippen molar-refractivity contribution in [3.63, 3.8) is 0 Å². The van der Waals surface area contributed by atoms with Crippen LogP contribution in [0, 0.1) is 0 Å². The molecule has 0 fully saturated rings. The molecule has 0 radical (unpaired) electrons. The smallest absolute Gasteiger partial charge is 0.260 e. The summed E-state index contributed by atoms with van der Waals surface area (Å²) in [7, 11) is 0. The van der Waals surface area contributed by atoms with Crippen molar-refractivity contribution in [3.8, 4) is 0 Å². The Balaban J connectivity index is 1.39. The molecule has 7 heteroatoms. The average molecular weight is 412 g/mol. The van der Waals surface area contributed by atoms with Crippen molar-refractivity contribution in [1.82, 2.24) is 15.2 Å². The van der Waals surface area contributed by atoms with Crippen molar-refractivity contribution in [1.29, 1.82) is 0 Å². The van der Waals surface area contributed by atoms with Gasteiger partial charge in [0.05, 0.1) is 11.3 Å². The zero-order valence-corrected chi connectivity index (χ0v) is 16.7.